The van der Waals surface area contributed by atoms with Gasteiger partial charge in [-0.15, -0.1) is 0 Å². The number of ether oxygens (including phenoxy) is 2. The Morgan fingerprint density at radius 3 is 2.21 bits per heavy atom. The Morgan fingerprint density at radius 2 is 1.79 bits per heavy atom. The molecular formula is C16H27NO2. The Kier molecular flexibility index (Phi) is 5.83. The van der Waals surface area contributed by atoms with Crippen LogP contribution in [0, 0.1) is 0 Å². The van der Waals surface area contributed by atoms with Crippen molar-refractivity contribution in [1.29, 1.82) is 0 Å². The third kappa shape index (κ3) is 4.51. The molecular weight excluding hydrogens is 238 g/mol. The molecule has 2 atom stereocenters. The van der Waals surface area contributed by atoms with Gasteiger partial charge in [-0.2, -0.15) is 0 Å². The lowest BCUT2D eigenvalue weighted by Crippen LogP contribution is -2.36. The molecule has 0 aromatic heterocycles. The SMILES string of the molecule is CCC(C)(C)OC(C)C(NC)c1ccc(OC)cc1. The maximum Gasteiger partial charge on any atom is 0.118 e. The first kappa shape index (κ1) is 16.0. The molecule has 0 aliphatic rings. The average Bonchev–Trinajstić information content (AvgIpc) is 2.40. The fraction of sp³-hybridized carbons (Fsp3) is 0.625. The highest BCUT2D eigenvalue weighted by molar-refractivity contribution is 5.29. The van der Waals surface area contributed by atoms with Gasteiger partial charge in [-0.25, -0.2) is 0 Å². The Balaban J connectivity index is 2.81. The smallest absolute Gasteiger partial charge is 0.118 e. The summed E-state index contributed by atoms with van der Waals surface area (Å²) in [5, 5.41) is 3.34. The second-order valence-electron chi connectivity index (χ2n) is 5.48. The molecule has 1 aromatic carbocycles. The zero-order valence-electron chi connectivity index (χ0n) is 13.0. The predicted octanol–water partition coefficient (Wildman–Crippen LogP) is 3.55. The van der Waals surface area contributed by atoms with Gasteiger partial charge in [0.25, 0.3) is 0 Å². The number of rotatable bonds is 7. The standard InChI is InChI=1S/C16H27NO2/c1-7-16(3,4)19-12(2)15(17-5)13-8-10-14(18-6)11-9-13/h8-12,15,17H,7H2,1-6H3. The molecule has 3 nitrogen and oxygen atoms in total. The fourth-order valence-corrected chi connectivity index (χ4v) is 2.14. The summed E-state index contributed by atoms with van der Waals surface area (Å²) >= 11 is 0. The Morgan fingerprint density at radius 1 is 1.21 bits per heavy atom. The van der Waals surface area contributed by atoms with Crippen LogP contribution < -0.4 is 10.1 Å². The van der Waals surface area contributed by atoms with Crippen molar-refractivity contribution < 1.29 is 9.47 Å². The summed E-state index contributed by atoms with van der Waals surface area (Å²) in [6.07, 6.45) is 1.10. The van der Waals surface area contributed by atoms with Crippen LogP contribution in [0.5, 0.6) is 5.75 Å². The highest BCUT2D eigenvalue weighted by atomic mass is 16.5. The highest BCUT2D eigenvalue weighted by Gasteiger charge is 2.25. The van der Waals surface area contributed by atoms with Crippen molar-refractivity contribution >= 4 is 0 Å². The molecule has 3 heteroatoms. The lowest BCUT2D eigenvalue weighted by Gasteiger charge is -2.33. The normalized spacial score (nSPS) is 15.1. The van der Waals surface area contributed by atoms with E-state index in [0.717, 1.165) is 12.2 Å². The quantitative estimate of drug-likeness (QED) is 0.818. The van der Waals surface area contributed by atoms with Gasteiger partial charge in [-0.05, 0) is 51.9 Å². The van der Waals surface area contributed by atoms with Crippen LogP contribution in [0.1, 0.15) is 45.7 Å². The molecule has 0 heterocycles. The van der Waals surface area contributed by atoms with Crippen LogP contribution in [0.3, 0.4) is 0 Å². The van der Waals surface area contributed by atoms with Crippen molar-refractivity contribution in [3.63, 3.8) is 0 Å². The third-order valence-corrected chi connectivity index (χ3v) is 3.61. The number of nitrogens with one attached hydrogen (secondary N) is 1. The van der Waals surface area contributed by atoms with Crippen molar-refractivity contribution in [2.24, 2.45) is 0 Å². The van der Waals surface area contributed by atoms with Crippen molar-refractivity contribution in [1.82, 2.24) is 5.32 Å². The van der Waals surface area contributed by atoms with E-state index in [1.165, 1.54) is 5.56 Å². The van der Waals surface area contributed by atoms with Crippen molar-refractivity contribution in [2.45, 2.75) is 51.9 Å². The summed E-state index contributed by atoms with van der Waals surface area (Å²) in [6, 6.07) is 8.31. The minimum absolute atomic E-state index is 0.0962. The van der Waals surface area contributed by atoms with E-state index in [9.17, 15) is 0 Å². The molecule has 1 aromatic rings. The van der Waals surface area contributed by atoms with Crippen LogP contribution in [-0.2, 0) is 4.74 Å². The molecule has 0 saturated carbocycles. The van der Waals surface area contributed by atoms with Crippen LogP contribution in [0.15, 0.2) is 24.3 Å². The van der Waals surface area contributed by atoms with Gasteiger partial charge in [0.15, 0.2) is 0 Å². The van der Waals surface area contributed by atoms with Gasteiger partial charge in [-0.3, -0.25) is 0 Å². The van der Waals surface area contributed by atoms with Crippen LogP contribution >= 0.6 is 0 Å². The van der Waals surface area contributed by atoms with Crippen LogP contribution in [0.4, 0.5) is 0 Å². The topological polar surface area (TPSA) is 30.5 Å². The van der Waals surface area contributed by atoms with E-state index < -0.39 is 0 Å². The lowest BCUT2D eigenvalue weighted by molar-refractivity contribution is -0.0791. The van der Waals surface area contributed by atoms with Gasteiger partial charge in [-0.1, -0.05) is 19.1 Å². The molecule has 0 aliphatic heterocycles. The first-order valence-corrected chi connectivity index (χ1v) is 6.92. The van der Waals surface area contributed by atoms with Gasteiger partial charge in [0.05, 0.1) is 24.9 Å². The summed E-state index contributed by atoms with van der Waals surface area (Å²) in [4.78, 5) is 0. The minimum atomic E-state index is -0.0962. The minimum Gasteiger partial charge on any atom is -0.497 e. The Bertz CT molecular complexity index is 373. The van der Waals surface area contributed by atoms with Crippen molar-refractivity contribution in [3.05, 3.63) is 29.8 Å². The summed E-state index contributed by atoms with van der Waals surface area (Å²) in [6.45, 7) is 8.52. The fourth-order valence-electron chi connectivity index (χ4n) is 2.14. The maximum absolute atomic E-state index is 6.16. The van der Waals surface area contributed by atoms with E-state index in [4.69, 9.17) is 9.47 Å². The van der Waals surface area contributed by atoms with Crippen LogP contribution in [0.25, 0.3) is 0 Å². The zero-order chi connectivity index (χ0) is 14.5. The molecule has 0 saturated heterocycles. The number of hydrogen-bond donors (Lipinski definition) is 1. The van der Waals surface area contributed by atoms with Gasteiger partial charge in [0.1, 0.15) is 5.75 Å². The van der Waals surface area contributed by atoms with E-state index in [-0.39, 0.29) is 17.7 Å². The summed E-state index contributed by atoms with van der Waals surface area (Å²) in [7, 11) is 3.65. The maximum atomic E-state index is 6.16. The number of benzene rings is 1. The van der Waals surface area contributed by atoms with Crippen molar-refractivity contribution in [2.75, 3.05) is 14.2 Å². The van der Waals surface area contributed by atoms with Gasteiger partial charge in [0.2, 0.25) is 0 Å². The monoisotopic (exact) mass is 265 g/mol. The van der Waals surface area contributed by atoms with Gasteiger partial charge < -0.3 is 14.8 Å². The van der Waals surface area contributed by atoms with E-state index in [1.807, 2.05) is 19.2 Å². The van der Waals surface area contributed by atoms with Crippen LogP contribution in [0.2, 0.25) is 0 Å². The third-order valence-electron chi connectivity index (χ3n) is 3.61. The number of methoxy groups -OCH3 is 1. The molecule has 0 aliphatic carbocycles. The van der Waals surface area contributed by atoms with E-state index >= 15 is 0 Å². The van der Waals surface area contributed by atoms with E-state index in [1.54, 1.807) is 7.11 Å². The molecule has 2 unspecified atom stereocenters. The average molecular weight is 265 g/mol. The molecule has 1 N–H and O–H groups in total. The number of likely N-dealkylation sites (N-methyl/N-ethyl adjacent to an activating group) is 1. The van der Waals surface area contributed by atoms with Crippen LogP contribution in [-0.4, -0.2) is 25.9 Å². The van der Waals surface area contributed by atoms with E-state index in [0.29, 0.717) is 0 Å². The molecule has 0 bridgehead atoms. The Labute approximate surface area is 117 Å². The first-order valence-electron chi connectivity index (χ1n) is 6.92. The number of hydrogen-bond acceptors (Lipinski definition) is 3. The molecule has 0 spiro atoms. The largest absolute Gasteiger partial charge is 0.497 e. The van der Waals surface area contributed by atoms with Gasteiger partial charge in [0, 0.05) is 0 Å². The Hall–Kier alpha value is -1.06. The van der Waals surface area contributed by atoms with Gasteiger partial charge >= 0.3 is 0 Å². The molecule has 0 fully saturated rings. The molecule has 0 amide bonds. The molecule has 1 rings (SSSR count). The second-order valence-corrected chi connectivity index (χ2v) is 5.48. The first-order chi connectivity index (χ1) is 8.93. The highest BCUT2D eigenvalue weighted by Crippen LogP contribution is 2.26. The van der Waals surface area contributed by atoms with Crippen molar-refractivity contribution in [3.8, 4) is 5.75 Å². The summed E-state index contributed by atoms with van der Waals surface area (Å²) in [5.41, 5.74) is 1.11. The predicted molar refractivity (Wildman–Crippen MR) is 79.7 cm³/mol. The lowest BCUT2D eigenvalue weighted by atomic mass is 10.0. The second kappa shape index (κ2) is 6.92. The zero-order valence-corrected chi connectivity index (χ0v) is 13.0. The van der Waals surface area contributed by atoms with E-state index in [2.05, 4.69) is 45.1 Å². The molecule has 19 heavy (non-hydrogen) atoms. The summed E-state index contributed by atoms with van der Waals surface area (Å²) < 4.78 is 11.3. The molecule has 0 radical (unpaired) electrons. The summed E-state index contributed by atoms with van der Waals surface area (Å²) in [5.74, 6) is 0.876. The molecule has 108 valence electrons.